The van der Waals surface area contributed by atoms with E-state index in [0.29, 0.717) is 19.6 Å². The van der Waals surface area contributed by atoms with Crippen molar-refractivity contribution in [3.8, 4) is 0 Å². The van der Waals surface area contributed by atoms with E-state index in [9.17, 15) is 4.79 Å². The average molecular weight is 286 g/mol. The molecule has 0 aromatic carbocycles. The lowest BCUT2D eigenvalue weighted by molar-refractivity contribution is -0.170. The Labute approximate surface area is 122 Å². The van der Waals surface area contributed by atoms with E-state index in [0.717, 1.165) is 12.8 Å². The Morgan fingerprint density at radius 2 is 2.20 bits per heavy atom. The summed E-state index contributed by atoms with van der Waals surface area (Å²) in [6.45, 7) is 9.37. The molecule has 0 aromatic heterocycles. The normalized spacial score (nSPS) is 29.6. The summed E-state index contributed by atoms with van der Waals surface area (Å²) < 4.78 is 5.62. The van der Waals surface area contributed by atoms with E-state index >= 15 is 0 Å². The molecule has 20 heavy (non-hydrogen) atoms. The SMILES string of the molecule is CCOC1CC(N)(C(=O)NCCCC(C)CO)C1(C)C. The number of aliphatic hydroxyl groups is 1. The van der Waals surface area contributed by atoms with Crippen molar-refractivity contribution in [2.24, 2.45) is 17.1 Å². The molecule has 3 atom stereocenters. The van der Waals surface area contributed by atoms with Gasteiger partial charge in [0.2, 0.25) is 5.91 Å². The van der Waals surface area contributed by atoms with Gasteiger partial charge in [-0.2, -0.15) is 0 Å². The summed E-state index contributed by atoms with van der Waals surface area (Å²) in [5, 5.41) is 11.9. The second kappa shape index (κ2) is 6.87. The second-order valence-corrected chi connectivity index (χ2v) is 6.53. The Kier molecular flexibility index (Phi) is 5.98. The minimum Gasteiger partial charge on any atom is -0.396 e. The molecule has 1 saturated carbocycles. The zero-order valence-corrected chi connectivity index (χ0v) is 13.2. The van der Waals surface area contributed by atoms with Crippen molar-refractivity contribution in [2.75, 3.05) is 19.8 Å². The number of amides is 1. The van der Waals surface area contributed by atoms with Crippen LogP contribution in [0.15, 0.2) is 0 Å². The molecule has 1 aliphatic carbocycles. The van der Waals surface area contributed by atoms with E-state index in [4.69, 9.17) is 15.6 Å². The first-order valence-corrected chi connectivity index (χ1v) is 7.59. The van der Waals surface area contributed by atoms with Crippen molar-refractivity contribution < 1.29 is 14.6 Å². The van der Waals surface area contributed by atoms with E-state index in [2.05, 4.69) is 5.32 Å². The molecular weight excluding hydrogens is 256 g/mol. The third kappa shape index (κ3) is 3.32. The van der Waals surface area contributed by atoms with Crippen LogP contribution in [0.2, 0.25) is 0 Å². The highest BCUT2D eigenvalue weighted by molar-refractivity contribution is 5.88. The van der Waals surface area contributed by atoms with Crippen molar-refractivity contribution in [1.29, 1.82) is 0 Å². The Morgan fingerprint density at radius 1 is 1.55 bits per heavy atom. The Morgan fingerprint density at radius 3 is 2.70 bits per heavy atom. The van der Waals surface area contributed by atoms with E-state index in [1.807, 2.05) is 27.7 Å². The quantitative estimate of drug-likeness (QED) is 0.582. The summed E-state index contributed by atoms with van der Waals surface area (Å²) in [6.07, 6.45) is 2.39. The number of hydrogen-bond acceptors (Lipinski definition) is 4. The van der Waals surface area contributed by atoms with Gasteiger partial charge in [0.15, 0.2) is 0 Å². The van der Waals surface area contributed by atoms with E-state index in [-0.39, 0.29) is 30.0 Å². The molecule has 3 unspecified atom stereocenters. The van der Waals surface area contributed by atoms with Crippen LogP contribution in [0.4, 0.5) is 0 Å². The molecule has 0 aromatic rings. The van der Waals surface area contributed by atoms with Gasteiger partial charge in [-0.3, -0.25) is 4.79 Å². The van der Waals surface area contributed by atoms with Crippen molar-refractivity contribution in [3.05, 3.63) is 0 Å². The smallest absolute Gasteiger partial charge is 0.240 e. The summed E-state index contributed by atoms with van der Waals surface area (Å²) in [4.78, 5) is 12.3. The molecule has 4 N–H and O–H groups in total. The maximum absolute atomic E-state index is 12.3. The number of carbonyl (C=O) groups excluding carboxylic acids is 1. The number of nitrogens with one attached hydrogen (secondary N) is 1. The first kappa shape index (κ1) is 17.4. The van der Waals surface area contributed by atoms with E-state index in [1.165, 1.54) is 0 Å². The lowest BCUT2D eigenvalue weighted by Gasteiger charge is -2.57. The van der Waals surface area contributed by atoms with Crippen molar-refractivity contribution in [2.45, 2.75) is 58.6 Å². The summed E-state index contributed by atoms with van der Waals surface area (Å²) >= 11 is 0. The number of aliphatic hydroxyl groups excluding tert-OH is 1. The Balaban J connectivity index is 2.40. The number of carbonyl (C=O) groups is 1. The van der Waals surface area contributed by atoms with Crippen molar-refractivity contribution in [1.82, 2.24) is 5.32 Å². The van der Waals surface area contributed by atoms with Crippen LogP contribution in [0.25, 0.3) is 0 Å². The van der Waals surface area contributed by atoms with Crippen molar-refractivity contribution >= 4 is 5.91 Å². The second-order valence-electron chi connectivity index (χ2n) is 6.53. The standard InChI is InChI=1S/C15H30N2O3/c1-5-20-12-9-15(16,14(12,3)4)13(19)17-8-6-7-11(2)10-18/h11-12,18H,5-10,16H2,1-4H3,(H,17,19). The molecule has 0 bridgehead atoms. The van der Waals surface area contributed by atoms with Crippen LogP contribution in [0.1, 0.15) is 47.0 Å². The molecule has 1 rings (SSSR count). The highest BCUT2D eigenvalue weighted by Crippen LogP contribution is 2.49. The average Bonchev–Trinajstić information content (AvgIpc) is 2.42. The summed E-state index contributed by atoms with van der Waals surface area (Å²) in [5.74, 6) is 0.191. The van der Waals surface area contributed by atoms with E-state index < -0.39 is 5.54 Å². The molecule has 5 heteroatoms. The van der Waals surface area contributed by atoms with Gasteiger partial charge in [-0.25, -0.2) is 0 Å². The van der Waals surface area contributed by atoms with Gasteiger partial charge in [0.05, 0.1) is 6.10 Å². The molecule has 0 saturated heterocycles. The topological polar surface area (TPSA) is 84.6 Å². The van der Waals surface area contributed by atoms with E-state index in [1.54, 1.807) is 0 Å². The fourth-order valence-corrected chi connectivity index (χ4v) is 2.72. The van der Waals surface area contributed by atoms with Crippen molar-refractivity contribution in [3.63, 3.8) is 0 Å². The molecule has 0 radical (unpaired) electrons. The predicted molar refractivity (Wildman–Crippen MR) is 79.2 cm³/mol. The lowest BCUT2D eigenvalue weighted by atomic mass is 9.54. The molecule has 5 nitrogen and oxygen atoms in total. The molecule has 1 amide bonds. The number of nitrogens with two attached hydrogens (primary N) is 1. The van der Waals surface area contributed by atoms with Crippen LogP contribution in [0, 0.1) is 11.3 Å². The third-order valence-electron chi connectivity index (χ3n) is 4.71. The minimum atomic E-state index is -0.838. The molecule has 118 valence electrons. The Hall–Kier alpha value is -0.650. The molecule has 0 aliphatic heterocycles. The maximum atomic E-state index is 12.3. The highest BCUT2D eigenvalue weighted by atomic mass is 16.5. The Bertz CT molecular complexity index is 333. The number of rotatable bonds is 8. The van der Waals surface area contributed by atoms with Gasteiger partial charge in [0.25, 0.3) is 0 Å². The molecule has 0 heterocycles. The van der Waals surface area contributed by atoms with Crippen LogP contribution >= 0.6 is 0 Å². The van der Waals surface area contributed by atoms with Gasteiger partial charge >= 0.3 is 0 Å². The van der Waals surface area contributed by atoms with Gasteiger partial charge < -0.3 is 20.9 Å². The maximum Gasteiger partial charge on any atom is 0.240 e. The number of ether oxygens (including phenoxy) is 1. The van der Waals surface area contributed by atoms with Gasteiger partial charge in [-0.05, 0) is 25.7 Å². The van der Waals surface area contributed by atoms with Gasteiger partial charge in [-0.1, -0.05) is 20.8 Å². The van der Waals surface area contributed by atoms with Crippen LogP contribution < -0.4 is 11.1 Å². The summed E-state index contributed by atoms with van der Waals surface area (Å²) in [5.41, 5.74) is 5.10. The number of hydrogen-bond donors (Lipinski definition) is 3. The zero-order chi connectivity index (χ0) is 15.4. The first-order chi connectivity index (χ1) is 9.29. The lowest BCUT2D eigenvalue weighted by Crippen LogP contribution is -2.75. The molecular formula is C15H30N2O3. The monoisotopic (exact) mass is 286 g/mol. The first-order valence-electron chi connectivity index (χ1n) is 7.59. The van der Waals surface area contributed by atoms with Gasteiger partial charge in [-0.15, -0.1) is 0 Å². The third-order valence-corrected chi connectivity index (χ3v) is 4.71. The highest BCUT2D eigenvalue weighted by Gasteiger charge is 2.62. The fraction of sp³-hybridized carbons (Fsp3) is 0.933. The minimum absolute atomic E-state index is 0.0534. The predicted octanol–water partition coefficient (Wildman–Crippen LogP) is 1.04. The largest absolute Gasteiger partial charge is 0.396 e. The summed E-state index contributed by atoms with van der Waals surface area (Å²) in [7, 11) is 0. The van der Waals surface area contributed by atoms with Crippen LogP contribution in [0.3, 0.4) is 0 Å². The van der Waals surface area contributed by atoms with Gasteiger partial charge in [0, 0.05) is 31.6 Å². The molecule has 1 aliphatic rings. The van der Waals surface area contributed by atoms with Crippen LogP contribution in [0.5, 0.6) is 0 Å². The van der Waals surface area contributed by atoms with Crippen LogP contribution in [-0.2, 0) is 9.53 Å². The molecule has 1 fully saturated rings. The summed E-state index contributed by atoms with van der Waals surface area (Å²) in [6, 6.07) is 0. The van der Waals surface area contributed by atoms with Gasteiger partial charge in [0.1, 0.15) is 5.54 Å². The fourth-order valence-electron chi connectivity index (χ4n) is 2.72. The molecule has 0 spiro atoms. The van der Waals surface area contributed by atoms with Crippen LogP contribution in [-0.4, -0.2) is 42.4 Å². The zero-order valence-electron chi connectivity index (χ0n) is 13.2.